The summed E-state index contributed by atoms with van der Waals surface area (Å²) in [5, 5.41) is 2.34. The first-order chi connectivity index (χ1) is 23.7. The van der Waals surface area contributed by atoms with E-state index in [4.69, 9.17) is 13.6 Å². The van der Waals surface area contributed by atoms with Crippen molar-refractivity contribution >= 4 is 33.0 Å². The molecular weight excluding hydrogens is 649 g/mol. The van der Waals surface area contributed by atoms with E-state index >= 15 is 0 Å². The van der Waals surface area contributed by atoms with Crippen LogP contribution in [0.2, 0.25) is 23.2 Å². The molecule has 0 heterocycles. The SMILES string of the molecule is C=CC[C@@H]1[C@@H](CO[Si](c2ccccc2)(c2ccccc2)C(C)(C)C)[C@H](OC(=O)c2ccc(-c3ccccc3)cc2)C[C@@H]1O[Si](C)(C)C(C)(C)C. The number of hydrogen-bond acceptors (Lipinski definition) is 4. The van der Waals surface area contributed by atoms with Crippen molar-refractivity contribution in [2.45, 2.75) is 89.8 Å². The lowest BCUT2D eigenvalue weighted by atomic mass is 9.91. The molecular formula is C44H56O4Si2. The van der Waals surface area contributed by atoms with Gasteiger partial charge in [0.25, 0.3) is 8.32 Å². The number of benzene rings is 4. The highest BCUT2D eigenvalue weighted by Gasteiger charge is 2.54. The molecule has 1 aliphatic carbocycles. The maximum atomic E-state index is 13.9. The Bertz CT molecular complexity index is 1650. The number of carbonyl (C=O) groups is 1. The number of ether oxygens (including phenoxy) is 1. The van der Waals surface area contributed by atoms with E-state index in [1.807, 2.05) is 48.5 Å². The Hall–Kier alpha value is -3.56. The van der Waals surface area contributed by atoms with Crippen molar-refractivity contribution in [2.75, 3.05) is 6.61 Å². The number of hydrogen-bond donors (Lipinski definition) is 0. The summed E-state index contributed by atoms with van der Waals surface area (Å²) in [6, 6.07) is 39.4. The van der Waals surface area contributed by atoms with Gasteiger partial charge in [-0.2, -0.15) is 0 Å². The third kappa shape index (κ3) is 7.99. The van der Waals surface area contributed by atoms with E-state index in [2.05, 4.69) is 134 Å². The number of rotatable bonds is 12. The first-order valence-electron chi connectivity index (χ1n) is 18.1. The zero-order valence-corrected chi connectivity index (χ0v) is 33.3. The van der Waals surface area contributed by atoms with Gasteiger partial charge in [0.05, 0.1) is 11.7 Å². The van der Waals surface area contributed by atoms with Crippen LogP contribution in [-0.2, 0) is 13.6 Å². The molecule has 0 radical (unpaired) electrons. The second-order valence-corrected chi connectivity index (χ2v) is 25.4. The fourth-order valence-electron chi connectivity index (χ4n) is 7.32. The van der Waals surface area contributed by atoms with E-state index in [0.717, 1.165) is 17.5 Å². The van der Waals surface area contributed by atoms with E-state index in [-0.39, 0.29) is 40.1 Å². The number of carbonyl (C=O) groups excluding carboxylic acids is 1. The van der Waals surface area contributed by atoms with Gasteiger partial charge >= 0.3 is 5.97 Å². The quantitative estimate of drug-likeness (QED) is 0.0837. The molecule has 4 aromatic carbocycles. The van der Waals surface area contributed by atoms with Crippen LogP contribution in [0.25, 0.3) is 11.1 Å². The summed E-state index contributed by atoms with van der Waals surface area (Å²) < 4.78 is 21.2. The molecule has 0 aromatic heterocycles. The van der Waals surface area contributed by atoms with Crippen LogP contribution in [0.4, 0.5) is 0 Å². The minimum atomic E-state index is -2.84. The lowest BCUT2D eigenvalue weighted by molar-refractivity contribution is 0.00918. The molecule has 1 fully saturated rings. The summed E-state index contributed by atoms with van der Waals surface area (Å²) in [4.78, 5) is 13.9. The largest absolute Gasteiger partial charge is 0.458 e. The molecule has 0 saturated heterocycles. The predicted molar refractivity (Wildman–Crippen MR) is 213 cm³/mol. The number of esters is 1. The fourth-order valence-corrected chi connectivity index (χ4v) is 13.3. The lowest BCUT2D eigenvalue weighted by Gasteiger charge is -2.44. The van der Waals surface area contributed by atoms with Crippen LogP contribution in [-0.4, -0.2) is 41.4 Å². The molecule has 5 rings (SSSR count). The van der Waals surface area contributed by atoms with Crippen LogP contribution in [0.5, 0.6) is 0 Å². The first-order valence-corrected chi connectivity index (χ1v) is 22.9. The van der Waals surface area contributed by atoms with Crippen molar-refractivity contribution in [3.8, 4) is 11.1 Å². The summed E-state index contributed by atoms with van der Waals surface area (Å²) >= 11 is 0. The molecule has 0 N–H and O–H groups in total. The van der Waals surface area contributed by atoms with Gasteiger partial charge in [0.2, 0.25) is 0 Å². The highest BCUT2D eigenvalue weighted by atomic mass is 28.4. The molecule has 1 saturated carbocycles. The van der Waals surface area contributed by atoms with Crippen molar-refractivity contribution in [2.24, 2.45) is 11.8 Å². The first kappa shape index (κ1) is 37.7. The third-order valence-electron chi connectivity index (χ3n) is 11.1. The Morgan fingerprint density at radius 2 is 1.20 bits per heavy atom. The molecule has 1 aliphatic rings. The van der Waals surface area contributed by atoms with E-state index < -0.39 is 16.6 Å². The fraction of sp³-hybridized carbons (Fsp3) is 0.386. The van der Waals surface area contributed by atoms with Crippen LogP contribution in [0.15, 0.2) is 128 Å². The smallest absolute Gasteiger partial charge is 0.338 e. The van der Waals surface area contributed by atoms with Gasteiger partial charge in [0.1, 0.15) is 6.10 Å². The van der Waals surface area contributed by atoms with Gasteiger partial charge in [-0.15, -0.1) is 6.58 Å². The van der Waals surface area contributed by atoms with E-state index in [1.54, 1.807) is 0 Å². The van der Waals surface area contributed by atoms with Crippen molar-refractivity contribution in [3.63, 3.8) is 0 Å². The molecule has 4 aromatic rings. The zero-order chi connectivity index (χ0) is 36.2. The van der Waals surface area contributed by atoms with Crippen molar-refractivity contribution in [1.29, 1.82) is 0 Å². The summed E-state index contributed by atoms with van der Waals surface area (Å²) in [6.45, 7) is 23.0. The van der Waals surface area contributed by atoms with Crippen molar-refractivity contribution in [3.05, 3.63) is 133 Å². The van der Waals surface area contributed by atoms with Gasteiger partial charge in [-0.1, -0.05) is 151 Å². The van der Waals surface area contributed by atoms with Crippen LogP contribution in [0, 0.1) is 11.8 Å². The normalized spacial score (nSPS) is 20.0. The van der Waals surface area contributed by atoms with Gasteiger partial charge < -0.3 is 13.6 Å². The topological polar surface area (TPSA) is 44.8 Å². The molecule has 6 heteroatoms. The maximum Gasteiger partial charge on any atom is 0.338 e. The van der Waals surface area contributed by atoms with Crippen LogP contribution in [0.3, 0.4) is 0 Å². The van der Waals surface area contributed by atoms with Crippen molar-refractivity contribution in [1.82, 2.24) is 0 Å². The predicted octanol–water partition coefficient (Wildman–Crippen LogP) is 10.1. The summed E-state index contributed by atoms with van der Waals surface area (Å²) in [7, 11) is -4.98. The highest BCUT2D eigenvalue weighted by molar-refractivity contribution is 6.99. The summed E-state index contributed by atoms with van der Waals surface area (Å²) in [5.41, 5.74) is 2.72. The van der Waals surface area contributed by atoms with Gasteiger partial charge in [-0.3, -0.25) is 0 Å². The average molecular weight is 705 g/mol. The molecule has 0 unspecified atom stereocenters. The van der Waals surface area contributed by atoms with E-state index in [1.165, 1.54) is 10.4 Å². The second-order valence-electron chi connectivity index (χ2n) is 16.4. The van der Waals surface area contributed by atoms with Gasteiger partial charge in [0, 0.05) is 18.9 Å². The van der Waals surface area contributed by atoms with Gasteiger partial charge in [0.15, 0.2) is 8.32 Å². The maximum absolute atomic E-state index is 13.9. The molecule has 0 aliphatic heterocycles. The minimum absolute atomic E-state index is 0.0436. The Morgan fingerprint density at radius 1 is 0.700 bits per heavy atom. The molecule has 4 atom stereocenters. The zero-order valence-electron chi connectivity index (χ0n) is 31.3. The lowest BCUT2D eigenvalue weighted by Crippen LogP contribution is -2.67. The van der Waals surface area contributed by atoms with Gasteiger partial charge in [-0.25, -0.2) is 4.79 Å². The molecule has 0 bridgehead atoms. The Labute approximate surface area is 303 Å². The van der Waals surface area contributed by atoms with E-state index in [9.17, 15) is 4.79 Å². The van der Waals surface area contributed by atoms with Gasteiger partial charge in [-0.05, 0) is 69.1 Å². The molecule has 4 nitrogen and oxygen atoms in total. The minimum Gasteiger partial charge on any atom is -0.458 e. The number of allylic oxidation sites excluding steroid dienone is 1. The Balaban J connectivity index is 1.51. The summed E-state index contributed by atoms with van der Waals surface area (Å²) in [5.74, 6) is -0.287. The summed E-state index contributed by atoms with van der Waals surface area (Å²) in [6.07, 6.45) is 2.95. The molecule has 0 amide bonds. The molecule has 0 spiro atoms. The second kappa shape index (κ2) is 15.4. The molecule has 264 valence electrons. The Morgan fingerprint density at radius 3 is 1.68 bits per heavy atom. The van der Waals surface area contributed by atoms with E-state index in [0.29, 0.717) is 18.6 Å². The standard InChI is InChI=1S/C44H56O4Si2/c1-10-20-38-39(32-46-50(44(5,6)7,36-23-16-12-17-24-36)37-25-18-13-19-26-37)40(31-41(38)48-49(8,9)43(2,3)4)47-42(45)35-29-27-34(28-30-35)33-21-14-11-15-22-33/h10-19,21-30,38-41H,1,20,31-32H2,2-9H3/t38-,39-,40-,41+/m1/s1. The van der Waals surface area contributed by atoms with Crippen molar-refractivity contribution < 1.29 is 18.4 Å². The monoisotopic (exact) mass is 704 g/mol. The van der Waals surface area contributed by atoms with Crippen LogP contribution >= 0.6 is 0 Å². The molecule has 50 heavy (non-hydrogen) atoms. The average Bonchev–Trinajstić information content (AvgIpc) is 3.39. The highest BCUT2D eigenvalue weighted by Crippen LogP contribution is 2.46. The van der Waals surface area contributed by atoms with Crippen LogP contribution < -0.4 is 10.4 Å². The third-order valence-corrected chi connectivity index (χ3v) is 20.6. The Kier molecular flexibility index (Phi) is 11.6. The van der Waals surface area contributed by atoms with Crippen LogP contribution in [0.1, 0.15) is 64.7 Å².